The van der Waals surface area contributed by atoms with E-state index < -0.39 is 16.0 Å². The molecule has 138 valence electrons. The van der Waals surface area contributed by atoms with Crippen molar-refractivity contribution in [2.24, 2.45) is 11.1 Å². The standard InChI is InChI=1S/C17H24N2O4S2/c1-5-23-16(20)15-9-12-8-13(6-7-14(12)24-15)25(21,22)19(4)11-17(2,3)10-18/h6-9H,5,10-11,18H2,1-4H3. The summed E-state index contributed by atoms with van der Waals surface area (Å²) in [6.07, 6.45) is 0. The fourth-order valence-electron chi connectivity index (χ4n) is 2.42. The highest BCUT2D eigenvalue weighted by atomic mass is 32.2. The zero-order chi connectivity index (χ0) is 18.8. The second-order valence-corrected chi connectivity index (χ2v) is 9.79. The number of carbonyl (C=O) groups is 1. The van der Waals surface area contributed by atoms with Crippen LogP contribution < -0.4 is 5.73 Å². The van der Waals surface area contributed by atoms with Crippen LogP contribution >= 0.6 is 11.3 Å². The van der Waals surface area contributed by atoms with Crippen molar-refractivity contribution < 1.29 is 17.9 Å². The van der Waals surface area contributed by atoms with E-state index in [2.05, 4.69) is 0 Å². The predicted octanol–water partition coefficient (Wildman–Crippen LogP) is 2.68. The molecule has 0 fully saturated rings. The Labute approximate surface area is 152 Å². The molecule has 0 saturated carbocycles. The number of nitrogens with zero attached hydrogens (tertiary/aromatic N) is 1. The highest BCUT2D eigenvalue weighted by Gasteiger charge is 2.27. The maximum Gasteiger partial charge on any atom is 0.348 e. The number of hydrogen-bond donors (Lipinski definition) is 1. The van der Waals surface area contributed by atoms with Crippen LogP contribution in [0.3, 0.4) is 0 Å². The van der Waals surface area contributed by atoms with Crippen molar-refractivity contribution in [3.8, 4) is 0 Å². The van der Waals surface area contributed by atoms with Gasteiger partial charge in [-0.05, 0) is 48.5 Å². The summed E-state index contributed by atoms with van der Waals surface area (Å²) >= 11 is 1.29. The van der Waals surface area contributed by atoms with Crippen LogP contribution in [0.25, 0.3) is 10.1 Å². The number of nitrogens with two attached hydrogens (primary N) is 1. The second-order valence-electron chi connectivity index (χ2n) is 6.66. The number of thiophene rings is 1. The summed E-state index contributed by atoms with van der Waals surface area (Å²) in [4.78, 5) is 12.5. The average Bonchev–Trinajstić information content (AvgIpc) is 2.97. The van der Waals surface area contributed by atoms with Crippen LogP contribution in [0.5, 0.6) is 0 Å². The fourth-order valence-corrected chi connectivity index (χ4v) is 4.75. The summed E-state index contributed by atoms with van der Waals surface area (Å²) in [5.74, 6) is -0.394. The lowest BCUT2D eigenvalue weighted by atomic mass is 9.94. The van der Waals surface area contributed by atoms with Gasteiger partial charge < -0.3 is 10.5 Å². The minimum absolute atomic E-state index is 0.198. The first kappa shape index (κ1) is 19.8. The van der Waals surface area contributed by atoms with Gasteiger partial charge in [0.05, 0.1) is 11.5 Å². The van der Waals surface area contributed by atoms with E-state index in [-0.39, 0.29) is 10.3 Å². The molecule has 2 aromatic rings. The van der Waals surface area contributed by atoms with Gasteiger partial charge in [0.2, 0.25) is 10.0 Å². The van der Waals surface area contributed by atoms with Gasteiger partial charge in [-0.3, -0.25) is 0 Å². The molecule has 0 unspecified atom stereocenters. The molecule has 0 amide bonds. The van der Waals surface area contributed by atoms with E-state index in [1.165, 1.54) is 15.6 Å². The number of benzene rings is 1. The Balaban J connectivity index is 2.35. The minimum atomic E-state index is -3.63. The molecule has 0 saturated heterocycles. The fraction of sp³-hybridized carbons (Fsp3) is 0.471. The van der Waals surface area contributed by atoms with Crippen LogP contribution in [0, 0.1) is 5.41 Å². The average molecular weight is 385 g/mol. The highest BCUT2D eigenvalue weighted by molar-refractivity contribution is 7.89. The van der Waals surface area contributed by atoms with E-state index in [0.29, 0.717) is 30.0 Å². The molecule has 1 heterocycles. The molecule has 0 radical (unpaired) electrons. The van der Waals surface area contributed by atoms with Crippen molar-refractivity contribution in [2.75, 3.05) is 26.7 Å². The Bertz CT molecular complexity index is 872. The first-order valence-corrected chi connectivity index (χ1v) is 10.2. The first-order chi connectivity index (χ1) is 11.6. The van der Waals surface area contributed by atoms with Crippen molar-refractivity contribution in [1.82, 2.24) is 4.31 Å². The topological polar surface area (TPSA) is 89.7 Å². The zero-order valence-corrected chi connectivity index (χ0v) is 16.5. The summed E-state index contributed by atoms with van der Waals surface area (Å²) < 4.78 is 32.8. The second kappa shape index (κ2) is 7.41. The zero-order valence-electron chi connectivity index (χ0n) is 14.9. The normalized spacial score (nSPS) is 12.7. The maximum absolute atomic E-state index is 12.8. The van der Waals surface area contributed by atoms with Crippen molar-refractivity contribution in [3.05, 3.63) is 29.1 Å². The number of carbonyl (C=O) groups excluding carboxylic acids is 1. The van der Waals surface area contributed by atoms with Gasteiger partial charge in [-0.1, -0.05) is 13.8 Å². The van der Waals surface area contributed by atoms with Crippen LogP contribution in [0.15, 0.2) is 29.2 Å². The predicted molar refractivity (Wildman–Crippen MR) is 100 cm³/mol. The van der Waals surface area contributed by atoms with Crippen LogP contribution in [-0.4, -0.2) is 45.4 Å². The molecule has 0 aliphatic heterocycles. The van der Waals surface area contributed by atoms with E-state index in [9.17, 15) is 13.2 Å². The van der Waals surface area contributed by atoms with Gasteiger partial charge in [-0.25, -0.2) is 17.5 Å². The molecule has 0 spiro atoms. The Kier molecular flexibility index (Phi) is 5.88. The molecule has 0 aliphatic rings. The summed E-state index contributed by atoms with van der Waals surface area (Å²) in [6.45, 7) is 6.60. The SMILES string of the molecule is CCOC(=O)c1cc2cc(S(=O)(=O)N(C)CC(C)(C)CN)ccc2s1. The van der Waals surface area contributed by atoms with E-state index in [4.69, 9.17) is 10.5 Å². The largest absolute Gasteiger partial charge is 0.462 e. The van der Waals surface area contributed by atoms with Crippen LogP contribution in [0.4, 0.5) is 0 Å². The van der Waals surface area contributed by atoms with Crippen LogP contribution in [-0.2, 0) is 14.8 Å². The Hall–Kier alpha value is -1.48. The third-order valence-electron chi connectivity index (χ3n) is 3.88. The number of hydrogen-bond acceptors (Lipinski definition) is 6. The minimum Gasteiger partial charge on any atom is -0.462 e. The van der Waals surface area contributed by atoms with E-state index in [1.807, 2.05) is 13.8 Å². The van der Waals surface area contributed by atoms with Crippen molar-refractivity contribution >= 4 is 37.4 Å². The van der Waals surface area contributed by atoms with Crippen LogP contribution in [0.2, 0.25) is 0 Å². The molecular weight excluding hydrogens is 360 g/mol. The van der Waals surface area contributed by atoms with Crippen molar-refractivity contribution in [2.45, 2.75) is 25.7 Å². The third kappa shape index (κ3) is 4.38. The lowest BCUT2D eigenvalue weighted by Crippen LogP contribution is -2.39. The molecule has 2 rings (SSSR count). The quantitative estimate of drug-likeness (QED) is 0.741. The van der Waals surface area contributed by atoms with Crippen LogP contribution in [0.1, 0.15) is 30.4 Å². The number of fused-ring (bicyclic) bond motifs is 1. The molecule has 0 aliphatic carbocycles. The lowest BCUT2D eigenvalue weighted by Gasteiger charge is -2.28. The molecule has 0 bridgehead atoms. The summed E-state index contributed by atoms with van der Waals surface area (Å²) in [5, 5.41) is 0.709. The first-order valence-electron chi connectivity index (χ1n) is 7.98. The molecule has 0 atom stereocenters. The van der Waals surface area contributed by atoms with Crippen molar-refractivity contribution in [3.63, 3.8) is 0 Å². The van der Waals surface area contributed by atoms with Gasteiger partial charge in [-0.2, -0.15) is 0 Å². The molecule has 25 heavy (non-hydrogen) atoms. The number of esters is 1. The lowest BCUT2D eigenvalue weighted by molar-refractivity contribution is 0.0532. The summed E-state index contributed by atoms with van der Waals surface area (Å²) in [6, 6.07) is 6.54. The molecular formula is C17H24N2O4S2. The van der Waals surface area contributed by atoms with Gasteiger partial charge in [-0.15, -0.1) is 11.3 Å². The van der Waals surface area contributed by atoms with Gasteiger partial charge in [0.1, 0.15) is 4.88 Å². The molecule has 1 aromatic carbocycles. The van der Waals surface area contributed by atoms with Gasteiger partial charge in [0.15, 0.2) is 0 Å². The third-order valence-corrected chi connectivity index (χ3v) is 6.77. The number of sulfonamides is 1. The van der Waals surface area contributed by atoms with Gasteiger partial charge in [0.25, 0.3) is 0 Å². The smallest absolute Gasteiger partial charge is 0.348 e. The van der Waals surface area contributed by atoms with E-state index >= 15 is 0 Å². The Morgan fingerprint density at radius 1 is 1.32 bits per heavy atom. The van der Waals surface area contributed by atoms with Crippen molar-refractivity contribution in [1.29, 1.82) is 0 Å². The molecule has 1 aromatic heterocycles. The Morgan fingerprint density at radius 2 is 2.00 bits per heavy atom. The summed E-state index contributed by atoms with van der Waals surface area (Å²) in [5.41, 5.74) is 5.39. The van der Waals surface area contributed by atoms with Gasteiger partial charge >= 0.3 is 5.97 Å². The molecule has 2 N–H and O–H groups in total. The Morgan fingerprint density at radius 3 is 2.60 bits per heavy atom. The molecule has 8 heteroatoms. The monoisotopic (exact) mass is 384 g/mol. The van der Waals surface area contributed by atoms with Gasteiger partial charge in [0, 0.05) is 18.3 Å². The van der Waals surface area contributed by atoms with E-state index in [1.54, 1.807) is 38.2 Å². The highest BCUT2D eigenvalue weighted by Crippen LogP contribution is 2.30. The summed E-state index contributed by atoms with van der Waals surface area (Å²) in [7, 11) is -2.08. The molecule has 6 nitrogen and oxygen atoms in total. The number of rotatable bonds is 7. The number of ether oxygens (including phenoxy) is 1. The maximum atomic E-state index is 12.8. The van der Waals surface area contributed by atoms with E-state index in [0.717, 1.165) is 4.70 Å².